The second-order valence-corrected chi connectivity index (χ2v) is 5.86. The number of nitrogens with zero attached hydrogens (tertiary/aromatic N) is 1. The number of urea groups is 1. The molecule has 2 aromatic rings. The third kappa shape index (κ3) is 4.77. The number of carbonyl (C=O) groups is 1. The molecule has 22 heavy (non-hydrogen) atoms. The lowest BCUT2D eigenvalue weighted by atomic mass is 10.2. The van der Waals surface area contributed by atoms with Gasteiger partial charge in [-0.2, -0.15) is 0 Å². The molecule has 0 spiro atoms. The molecule has 2 rings (SSSR count). The molecule has 1 aromatic carbocycles. The second-order valence-electron chi connectivity index (χ2n) is 4.83. The molecule has 0 saturated carbocycles. The van der Waals surface area contributed by atoms with Crippen molar-refractivity contribution >= 4 is 17.4 Å². The maximum atomic E-state index is 12.3. The van der Waals surface area contributed by atoms with E-state index in [1.807, 2.05) is 55.6 Å². The van der Waals surface area contributed by atoms with Crippen molar-refractivity contribution in [2.75, 3.05) is 13.2 Å². The van der Waals surface area contributed by atoms with Crippen molar-refractivity contribution in [3.05, 3.63) is 52.2 Å². The number of amides is 2. The van der Waals surface area contributed by atoms with Crippen molar-refractivity contribution in [2.24, 2.45) is 0 Å². The first-order valence-corrected chi connectivity index (χ1v) is 8.37. The largest absolute Gasteiger partial charge is 0.494 e. The number of thiophene rings is 1. The van der Waals surface area contributed by atoms with Crippen LogP contribution < -0.4 is 10.1 Å². The van der Waals surface area contributed by atoms with Crippen LogP contribution in [0.4, 0.5) is 4.79 Å². The first kappa shape index (κ1) is 16.4. The van der Waals surface area contributed by atoms with E-state index in [0.717, 1.165) is 11.3 Å². The van der Waals surface area contributed by atoms with E-state index in [1.54, 1.807) is 16.2 Å². The van der Waals surface area contributed by atoms with Crippen molar-refractivity contribution in [1.29, 1.82) is 0 Å². The zero-order valence-corrected chi connectivity index (χ0v) is 13.9. The van der Waals surface area contributed by atoms with Gasteiger partial charge in [0.1, 0.15) is 5.75 Å². The van der Waals surface area contributed by atoms with Crippen LogP contribution >= 0.6 is 11.3 Å². The van der Waals surface area contributed by atoms with Crippen LogP contribution in [0.25, 0.3) is 0 Å². The summed E-state index contributed by atoms with van der Waals surface area (Å²) >= 11 is 1.67. The molecule has 0 bridgehead atoms. The van der Waals surface area contributed by atoms with Gasteiger partial charge in [0.05, 0.1) is 13.2 Å². The molecule has 0 atom stereocenters. The Morgan fingerprint density at radius 2 is 2.14 bits per heavy atom. The Labute approximate surface area is 135 Å². The number of carbonyl (C=O) groups excluding carboxylic acids is 1. The third-order valence-corrected chi connectivity index (χ3v) is 4.11. The van der Waals surface area contributed by atoms with Crippen LogP contribution in [-0.4, -0.2) is 24.1 Å². The first-order valence-electron chi connectivity index (χ1n) is 7.49. The third-order valence-electron chi connectivity index (χ3n) is 3.25. The van der Waals surface area contributed by atoms with Gasteiger partial charge in [-0.3, -0.25) is 0 Å². The van der Waals surface area contributed by atoms with Crippen molar-refractivity contribution in [1.82, 2.24) is 10.2 Å². The number of rotatable bonds is 7. The van der Waals surface area contributed by atoms with Gasteiger partial charge in [0.15, 0.2) is 0 Å². The number of hydrogen-bond acceptors (Lipinski definition) is 3. The zero-order chi connectivity index (χ0) is 15.8. The van der Waals surface area contributed by atoms with Crippen LogP contribution in [0.15, 0.2) is 41.8 Å². The Kier molecular flexibility index (Phi) is 6.27. The lowest BCUT2D eigenvalue weighted by Crippen LogP contribution is -2.38. The maximum absolute atomic E-state index is 12.3. The monoisotopic (exact) mass is 318 g/mol. The van der Waals surface area contributed by atoms with Gasteiger partial charge in [-0.05, 0) is 43.0 Å². The van der Waals surface area contributed by atoms with Gasteiger partial charge in [-0.25, -0.2) is 4.79 Å². The lowest BCUT2D eigenvalue weighted by molar-refractivity contribution is 0.198. The topological polar surface area (TPSA) is 41.6 Å². The van der Waals surface area contributed by atoms with Crippen LogP contribution in [0.3, 0.4) is 0 Å². The lowest BCUT2D eigenvalue weighted by Gasteiger charge is -2.20. The summed E-state index contributed by atoms with van der Waals surface area (Å²) in [5, 5.41) is 5.00. The van der Waals surface area contributed by atoms with Crippen LogP contribution in [-0.2, 0) is 13.1 Å². The minimum absolute atomic E-state index is 0.0438. The molecule has 0 saturated heterocycles. The van der Waals surface area contributed by atoms with Gasteiger partial charge >= 0.3 is 6.03 Å². The van der Waals surface area contributed by atoms with Crippen LogP contribution in [0.2, 0.25) is 0 Å². The molecule has 5 heteroatoms. The summed E-state index contributed by atoms with van der Waals surface area (Å²) in [5.41, 5.74) is 1.03. The number of ether oxygens (including phenoxy) is 1. The fourth-order valence-electron chi connectivity index (χ4n) is 2.12. The molecule has 0 aliphatic heterocycles. The number of benzene rings is 1. The highest BCUT2D eigenvalue weighted by atomic mass is 32.1. The minimum atomic E-state index is -0.0438. The van der Waals surface area contributed by atoms with E-state index in [9.17, 15) is 4.79 Å². The van der Waals surface area contributed by atoms with Gasteiger partial charge in [0.25, 0.3) is 0 Å². The van der Waals surface area contributed by atoms with Gasteiger partial charge < -0.3 is 15.0 Å². The number of hydrogen-bond donors (Lipinski definition) is 1. The van der Waals surface area contributed by atoms with Crippen molar-refractivity contribution in [2.45, 2.75) is 26.9 Å². The SMILES string of the molecule is CCOc1cccc(CNC(=O)N(CC)Cc2cccs2)c1. The molecule has 1 aromatic heterocycles. The van der Waals surface area contributed by atoms with Gasteiger partial charge in [0, 0.05) is 18.0 Å². The predicted molar refractivity (Wildman–Crippen MR) is 90.2 cm³/mol. The predicted octanol–water partition coefficient (Wildman–Crippen LogP) is 3.88. The van der Waals surface area contributed by atoms with Crippen molar-refractivity contribution in [3.8, 4) is 5.75 Å². The quantitative estimate of drug-likeness (QED) is 0.842. The fraction of sp³-hybridized carbons (Fsp3) is 0.353. The molecule has 0 radical (unpaired) electrons. The highest BCUT2D eigenvalue weighted by Crippen LogP contribution is 2.14. The summed E-state index contributed by atoms with van der Waals surface area (Å²) < 4.78 is 5.47. The molecular weight excluding hydrogens is 296 g/mol. The smallest absolute Gasteiger partial charge is 0.317 e. The van der Waals surface area contributed by atoms with E-state index in [4.69, 9.17) is 4.74 Å². The Bertz CT molecular complexity index is 584. The summed E-state index contributed by atoms with van der Waals surface area (Å²) in [6.07, 6.45) is 0. The summed E-state index contributed by atoms with van der Waals surface area (Å²) in [6.45, 7) is 6.42. The molecule has 0 aliphatic rings. The Morgan fingerprint density at radius 3 is 2.82 bits per heavy atom. The van der Waals surface area contributed by atoms with E-state index < -0.39 is 0 Å². The molecule has 118 valence electrons. The summed E-state index contributed by atoms with van der Waals surface area (Å²) in [4.78, 5) is 15.3. The molecule has 2 amide bonds. The summed E-state index contributed by atoms with van der Waals surface area (Å²) in [6, 6.07) is 11.8. The molecule has 0 unspecified atom stereocenters. The maximum Gasteiger partial charge on any atom is 0.317 e. The summed E-state index contributed by atoms with van der Waals surface area (Å²) in [5.74, 6) is 0.834. The molecule has 0 aliphatic carbocycles. The number of nitrogens with one attached hydrogen (secondary N) is 1. The van der Waals surface area contributed by atoms with E-state index in [0.29, 0.717) is 26.2 Å². The molecule has 1 heterocycles. The molecule has 0 fully saturated rings. The summed E-state index contributed by atoms with van der Waals surface area (Å²) in [7, 11) is 0. The standard InChI is InChI=1S/C17H22N2O2S/c1-3-19(13-16-9-6-10-22-16)17(20)18-12-14-7-5-8-15(11-14)21-4-2/h5-11H,3-4,12-13H2,1-2H3,(H,18,20). The Morgan fingerprint density at radius 1 is 1.27 bits per heavy atom. The molecular formula is C17H22N2O2S. The van der Waals surface area contributed by atoms with E-state index in [-0.39, 0.29) is 6.03 Å². The minimum Gasteiger partial charge on any atom is -0.494 e. The Hall–Kier alpha value is -2.01. The van der Waals surface area contributed by atoms with Crippen LogP contribution in [0.1, 0.15) is 24.3 Å². The van der Waals surface area contributed by atoms with Crippen LogP contribution in [0, 0.1) is 0 Å². The van der Waals surface area contributed by atoms with Crippen LogP contribution in [0.5, 0.6) is 5.75 Å². The Balaban J connectivity index is 1.89. The van der Waals surface area contributed by atoms with Gasteiger partial charge in [-0.1, -0.05) is 18.2 Å². The second kappa shape index (κ2) is 8.44. The zero-order valence-electron chi connectivity index (χ0n) is 13.0. The molecule has 1 N–H and O–H groups in total. The highest BCUT2D eigenvalue weighted by Gasteiger charge is 2.12. The van der Waals surface area contributed by atoms with E-state index in [2.05, 4.69) is 5.32 Å². The van der Waals surface area contributed by atoms with Crippen molar-refractivity contribution < 1.29 is 9.53 Å². The normalized spacial score (nSPS) is 10.3. The average Bonchev–Trinajstić information content (AvgIpc) is 3.04. The first-order chi connectivity index (χ1) is 10.7. The highest BCUT2D eigenvalue weighted by molar-refractivity contribution is 7.09. The molecule has 4 nitrogen and oxygen atoms in total. The average molecular weight is 318 g/mol. The fourth-order valence-corrected chi connectivity index (χ4v) is 2.84. The van der Waals surface area contributed by atoms with E-state index >= 15 is 0 Å². The van der Waals surface area contributed by atoms with E-state index in [1.165, 1.54) is 4.88 Å². The van der Waals surface area contributed by atoms with Gasteiger partial charge in [0.2, 0.25) is 0 Å². The van der Waals surface area contributed by atoms with Crippen molar-refractivity contribution in [3.63, 3.8) is 0 Å². The van der Waals surface area contributed by atoms with Gasteiger partial charge in [-0.15, -0.1) is 11.3 Å².